The summed E-state index contributed by atoms with van der Waals surface area (Å²) >= 11 is 14.6. The second kappa shape index (κ2) is 6.99. The first-order chi connectivity index (χ1) is 12.0. The third kappa shape index (κ3) is 3.45. The van der Waals surface area contributed by atoms with E-state index in [4.69, 9.17) is 28.5 Å². The fourth-order valence-electron chi connectivity index (χ4n) is 4.70. The molecule has 2 aliphatic heterocycles. The molecule has 138 valence electrons. The Labute approximate surface area is 163 Å². The first-order valence-corrected chi connectivity index (χ1v) is 11.0. The average Bonchev–Trinajstić information content (AvgIpc) is 2.94. The first kappa shape index (κ1) is 18.0. The van der Waals surface area contributed by atoms with Gasteiger partial charge in [0.25, 0.3) is 0 Å². The molecule has 6 unspecified atom stereocenters. The van der Waals surface area contributed by atoms with Crippen molar-refractivity contribution in [3.05, 3.63) is 0 Å². The van der Waals surface area contributed by atoms with Crippen LogP contribution in [-0.2, 0) is 4.79 Å². The highest BCUT2D eigenvalue weighted by atomic mass is 35.5. The molecule has 4 aliphatic rings. The number of nitriles is 1. The minimum Gasteiger partial charge on any atom is -0.341 e. The summed E-state index contributed by atoms with van der Waals surface area (Å²) in [5.74, 6) is 1.42. The lowest BCUT2D eigenvalue weighted by Crippen LogP contribution is -2.48. The van der Waals surface area contributed by atoms with E-state index in [2.05, 4.69) is 10.6 Å². The summed E-state index contributed by atoms with van der Waals surface area (Å²) in [6.07, 6.45) is 6.95. The molecule has 2 heterocycles. The first-order valence-electron chi connectivity index (χ1n) is 9.11. The molecule has 2 saturated carbocycles. The fraction of sp³-hybridized carbons (Fsp3) is 0.882. The summed E-state index contributed by atoms with van der Waals surface area (Å²) in [4.78, 5) is 14.9. The van der Waals surface area contributed by atoms with Crippen molar-refractivity contribution in [2.45, 2.75) is 60.3 Å². The van der Waals surface area contributed by atoms with E-state index in [0.29, 0.717) is 5.92 Å². The van der Waals surface area contributed by atoms with Gasteiger partial charge in [-0.05, 0) is 32.1 Å². The third-order valence-electron chi connectivity index (χ3n) is 6.38. The molecule has 1 spiro atoms. The highest BCUT2D eigenvalue weighted by molar-refractivity contribution is 8.00. The van der Waals surface area contributed by atoms with Crippen LogP contribution < -0.4 is 10.6 Å². The number of hydrogen-bond acceptors (Lipinski definition) is 5. The van der Waals surface area contributed by atoms with Crippen LogP contribution in [0.25, 0.3) is 0 Å². The second-order valence-electron chi connectivity index (χ2n) is 7.95. The molecule has 7 atom stereocenters. The quantitative estimate of drug-likeness (QED) is 0.429. The van der Waals surface area contributed by atoms with Gasteiger partial charge < -0.3 is 10.2 Å². The molecule has 0 aromatic rings. The zero-order chi connectivity index (χ0) is 17.6. The average molecular weight is 403 g/mol. The molecule has 0 aromatic heterocycles. The van der Waals surface area contributed by atoms with Gasteiger partial charge in [0.05, 0.1) is 11.4 Å². The number of carbonyl (C=O) groups is 1. The third-order valence-corrected chi connectivity index (χ3v) is 8.65. The molecule has 4 rings (SSSR count). The van der Waals surface area contributed by atoms with Crippen molar-refractivity contribution in [1.29, 1.82) is 5.26 Å². The summed E-state index contributed by atoms with van der Waals surface area (Å²) < 4.78 is 0. The molecule has 2 aliphatic carbocycles. The van der Waals surface area contributed by atoms with Crippen LogP contribution >= 0.6 is 35.0 Å². The number of thioether (sulfide) groups is 1. The Kier molecular flexibility index (Phi) is 5.05. The Morgan fingerprint density at radius 3 is 3.00 bits per heavy atom. The summed E-state index contributed by atoms with van der Waals surface area (Å²) in [5, 5.41) is 15.7. The van der Waals surface area contributed by atoms with Crippen LogP contribution in [0.1, 0.15) is 32.1 Å². The molecule has 25 heavy (non-hydrogen) atoms. The predicted octanol–water partition coefficient (Wildman–Crippen LogP) is 2.09. The Morgan fingerprint density at radius 2 is 2.24 bits per heavy atom. The monoisotopic (exact) mass is 402 g/mol. The molecule has 1 amide bonds. The lowest BCUT2D eigenvalue weighted by molar-refractivity contribution is -0.132. The van der Waals surface area contributed by atoms with Gasteiger partial charge in [0.1, 0.15) is 0 Å². The zero-order valence-electron chi connectivity index (χ0n) is 14.1. The van der Waals surface area contributed by atoms with Crippen LogP contribution in [0.4, 0.5) is 0 Å². The van der Waals surface area contributed by atoms with Crippen molar-refractivity contribution in [3.63, 3.8) is 0 Å². The number of halogens is 2. The van der Waals surface area contributed by atoms with E-state index in [1.807, 2.05) is 22.9 Å². The summed E-state index contributed by atoms with van der Waals surface area (Å²) in [5.41, 5.74) is 0.149. The number of nitrogens with zero attached hydrogens (tertiary/aromatic N) is 2. The van der Waals surface area contributed by atoms with Crippen molar-refractivity contribution in [1.82, 2.24) is 15.5 Å². The second-order valence-corrected chi connectivity index (χ2v) is 10.3. The van der Waals surface area contributed by atoms with E-state index in [0.717, 1.165) is 50.9 Å². The van der Waals surface area contributed by atoms with E-state index in [1.54, 1.807) is 0 Å². The molecule has 5 nitrogen and oxygen atoms in total. The standard InChI is InChI=1S/C17H24Cl2N4OS/c18-10-1-2-11(12(19)5-10)15-22-13(7-25-15)16(24)23-4-3-17(8-23)6-14(17)21-9-20/h10-15,21-22H,1-8H2/t10?,11?,12?,13?,14?,15?,17-/m1/s1. The Bertz CT molecular complexity index is 587. The van der Waals surface area contributed by atoms with Crippen molar-refractivity contribution < 1.29 is 4.79 Å². The Morgan fingerprint density at radius 1 is 1.40 bits per heavy atom. The lowest BCUT2D eigenvalue weighted by Gasteiger charge is -2.34. The number of rotatable bonds is 3. The maximum absolute atomic E-state index is 12.9. The minimum absolute atomic E-state index is 0.0921. The minimum atomic E-state index is -0.108. The van der Waals surface area contributed by atoms with E-state index in [9.17, 15) is 4.79 Å². The van der Waals surface area contributed by atoms with Gasteiger partial charge >= 0.3 is 0 Å². The number of carbonyl (C=O) groups excluding carboxylic acids is 1. The van der Waals surface area contributed by atoms with Crippen LogP contribution in [0.3, 0.4) is 0 Å². The van der Waals surface area contributed by atoms with Crippen LogP contribution in [0.5, 0.6) is 0 Å². The molecule has 0 bridgehead atoms. The van der Waals surface area contributed by atoms with Gasteiger partial charge in [-0.15, -0.1) is 35.0 Å². The van der Waals surface area contributed by atoms with E-state index < -0.39 is 0 Å². The summed E-state index contributed by atoms with van der Waals surface area (Å²) in [7, 11) is 0. The normalized spacial score (nSPS) is 46.2. The molecule has 2 N–H and O–H groups in total. The molecule has 2 saturated heterocycles. The smallest absolute Gasteiger partial charge is 0.240 e. The number of nitrogens with one attached hydrogen (secondary N) is 2. The number of likely N-dealkylation sites (tertiary alicyclic amines) is 1. The number of alkyl halides is 2. The van der Waals surface area contributed by atoms with Gasteiger partial charge in [0, 0.05) is 47.0 Å². The maximum Gasteiger partial charge on any atom is 0.240 e. The number of hydrogen-bond donors (Lipinski definition) is 2. The van der Waals surface area contributed by atoms with Crippen LogP contribution in [0, 0.1) is 22.8 Å². The van der Waals surface area contributed by atoms with Crippen molar-refractivity contribution in [2.75, 3.05) is 18.8 Å². The van der Waals surface area contributed by atoms with Gasteiger partial charge in [0.2, 0.25) is 5.91 Å². The fourth-order valence-corrected chi connectivity index (χ4v) is 7.16. The maximum atomic E-state index is 12.9. The molecule has 0 aromatic carbocycles. The van der Waals surface area contributed by atoms with Crippen molar-refractivity contribution >= 4 is 40.9 Å². The van der Waals surface area contributed by atoms with Gasteiger partial charge in [-0.2, -0.15) is 5.26 Å². The van der Waals surface area contributed by atoms with E-state index in [-0.39, 0.29) is 39.5 Å². The van der Waals surface area contributed by atoms with Crippen LogP contribution in [0.15, 0.2) is 0 Å². The van der Waals surface area contributed by atoms with Crippen molar-refractivity contribution in [2.24, 2.45) is 11.3 Å². The predicted molar refractivity (Wildman–Crippen MR) is 101 cm³/mol. The van der Waals surface area contributed by atoms with Gasteiger partial charge in [-0.3, -0.25) is 10.1 Å². The largest absolute Gasteiger partial charge is 0.341 e. The highest BCUT2D eigenvalue weighted by Crippen LogP contribution is 2.53. The van der Waals surface area contributed by atoms with Gasteiger partial charge in [-0.1, -0.05) is 0 Å². The van der Waals surface area contributed by atoms with Gasteiger partial charge in [-0.25, -0.2) is 0 Å². The highest BCUT2D eigenvalue weighted by Gasteiger charge is 2.59. The molecule has 8 heteroatoms. The van der Waals surface area contributed by atoms with Gasteiger partial charge in [0.15, 0.2) is 6.19 Å². The summed E-state index contributed by atoms with van der Waals surface area (Å²) in [6, 6.07) is 0.153. The molecule has 4 fully saturated rings. The lowest BCUT2D eigenvalue weighted by atomic mass is 9.88. The number of amides is 1. The molecular formula is C17H24Cl2N4OS. The van der Waals surface area contributed by atoms with Crippen molar-refractivity contribution in [3.8, 4) is 6.19 Å². The summed E-state index contributed by atoms with van der Waals surface area (Å²) in [6.45, 7) is 1.60. The molecule has 0 radical (unpaired) electrons. The van der Waals surface area contributed by atoms with E-state index >= 15 is 0 Å². The van der Waals surface area contributed by atoms with Crippen LogP contribution in [0.2, 0.25) is 0 Å². The Balaban J connectivity index is 1.30. The molecular weight excluding hydrogens is 379 g/mol. The SMILES string of the molecule is N#CNC1C[C@@]12CCN(C(=O)C1CSC(C3CCC(Cl)CC3Cl)N1)C2. The topological polar surface area (TPSA) is 68.2 Å². The Hall–Kier alpha value is -0.350. The van der Waals surface area contributed by atoms with Crippen LogP contribution in [-0.4, -0.2) is 57.9 Å². The zero-order valence-corrected chi connectivity index (χ0v) is 16.4. The van der Waals surface area contributed by atoms with E-state index in [1.165, 1.54) is 0 Å².